The van der Waals surface area contributed by atoms with Gasteiger partial charge < -0.3 is 0 Å². The van der Waals surface area contributed by atoms with Crippen molar-refractivity contribution in [3.63, 3.8) is 0 Å². The Morgan fingerprint density at radius 3 is 2.76 bits per heavy atom. The number of aromatic nitrogens is 5. The molecule has 3 aromatic rings. The Morgan fingerprint density at radius 1 is 1.24 bits per heavy atom. The minimum Gasteiger partial charge on any atom is -0.244 e. The number of benzene rings is 1. The van der Waals surface area contributed by atoms with Gasteiger partial charge in [0.15, 0.2) is 5.65 Å². The molecule has 0 atom stereocenters. The molecule has 0 bridgehead atoms. The first kappa shape index (κ1) is 9.71. The van der Waals surface area contributed by atoms with Gasteiger partial charge in [-0.3, -0.25) is 0 Å². The Hall–Kier alpha value is -2.50. The number of nitrogens with zero attached hydrogens (tertiary/aromatic N) is 4. The fourth-order valence-corrected chi connectivity index (χ4v) is 1.70. The molecule has 0 aliphatic carbocycles. The Balaban J connectivity index is 2.38. The SMILES string of the molecule is Cc1nc2c(-c3ccccc3)n[nH]c(=O)n2n1. The number of H-pyrrole nitrogens is 1. The van der Waals surface area contributed by atoms with Gasteiger partial charge in [0.05, 0.1) is 0 Å². The predicted octanol–water partition coefficient (Wildman–Crippen LogP) is 0.788. The molecule has 0 spiro atoms. The molecule has 6 nitrogen and oxygen atoms in total. The lowest BCUT2D eigenvalue weighted by Gasteiger charge is -1.99. The lowest BCUT2D eigenvalue weighted by molar-refractivity contribution is 0.805. The maximum atomic E-state index is 11.5. The minimum atomic E-state index is -0.389. The van der Waals surface area contributed by atoms with E-state index < -0.39 is 0 Å². The molecular weight excluding hydrogens is 218 g/mol. The molecule has 17 heavy (non-hydrogen) atoms. The van der Waals surface area contributed by atoms with Gasteiger partial charge in [-0.2, -0.15) is 9.61 Å². The minimum absolute atomic E-state index is 0.389. The number of nitrogens with one attached hydrogen (secondary N) is 1. The van der Waals surface area contributed by atoms with E-state index in [0.717, 1.165) is 5.56 Å². The highest BCUT2D eigenvalue weighted by atomic mass is 16.1. The number of aryl methyl sites for hydroxylation is 1. The van der Waals surface area contributed by atoms with Gasteiger partial charge in [-0.05, 0) is 6.92 Å². The summed E-state index contributed by atoms with van der Waals surface area (Å²) < 4.78 is 1.23. The van der Waals surface area contributed by atoms with E-state index in [9.17, 15) is 4.79 Å². The third kappa shape index (κ3) is 1.50. The van der Waals surface area contributed by atoms with E-state index in [0.29, 0.717) is 17.2 Å². The molecule has 0 aliphatic rings. The highest BCUT2D eigenvalue weighted by Crippen LogP contribution is 2.18. The maximum absolute atomic E-state index is 11.5. The van der Waals surface area contributed by atoms with Gasteiger partial charge in [0.1, 0.15) is 11.5 Å². The Morgan fingerprint density at radius 2 is 2.00 bits per heavy atom. The second kappa shape index (κ2) is 3.51. The highest BCUT2D eigenvalue weighted by molar-refractivity contribution is 5.72. The zero-order valence-electron chi connectivity index (χ0n) is 9.08. The van der Waals surface area contributed by atoms with Crippen LogP contribution in [0.4, 0.5) is 0 Å². The summed E-state index contributed by atoms with van der Waals surface area (Å²) in [5, 5.41) is 10.5. The van der Waals surface area contributed by atoms with Crippen LogP contribution in [0.5, 0.6) is 0 Å². The molecule has 0 unspecified atom stereocenters. The molecule has 1 N–H and O–H groups in total. The van der Waals surface area contributed by atoms with Gasteiger partial charge in [0.2, 0.25) is 0 Å². The molecule has 3 rings (SSSR count). The molecule has 1 aromatic carbocycles. The van der Waals surface area contributed by atoms with E-state index in [2.05, 4.69) is 20.3 Å². The molecule has 2 aromatic heterocycles. The summed E-state index contributed by atoms with van der Waals surface area (Å²) in [4.78, 5) is 15.7. The van der Waals surface area contributed by atoms with Crippen LogP contribution in [0.15, 0.2) is 35.1 Å². The first-order chi connectivity index (χ1) is 8.25. The lowest BCUT2D eigenvalue weighted by Crippen LogP contribution is -2.19. The monoisotopic (exact) mass is 227 g/mol. The normalized spacial score (nSPS) is 10.9. The molecule has 0 fully saturated rings. The van der Waals surface area contributed by atoms with Crippen molar-refractivity contribution in [2.24, 2.45) is 0 Å². The average Bonchev–Trinajstić information content (AvgIpc) is 2.73. The smallest absolute Gasteiger partial charge is 0.244 e. The predicted molar refractivity (Wildman–Crippen MR) is 61.6 cm³/mol. The molecule has 2 heterocycles. The van der Waals surface area contributed by atoms with Crippen LogP contribution >= 0.6 is 0 Å². The fraction of sp³-hybridized carbons (Fsp3) is 0.0909. The van der Waals surface area contributed by atoms with Crippen LogP contribution in [0.3, 0.4) is 0 Å². The zero-order chi connectivity index (χ0) is 11.8. The summed E-state index contributed by atoms with van der Waals surface area (Å²) in [5.41, 5.74) is 1.59. The van der Waals surface area contributed by atoms with Gasteiger partial charge in [-0.15, -0.1) is 5.10 Å². The van der Waals surface area contributed by atoms with Crippen molar-refractivity contribution >= 4 is 5.65 Å². The first-order valence-corrected chi connectivity index (χ1v) is 5.13. The standard InChI is InChI=1S/C11H9N5O/c1-7-12-10-9(8-5-3-2-4-6-8)13-14-11(17)16(10)15-7/h2-6H,1H3,(H,14,17). The Labute approximate surface area is 95.9 Å². The third-order valence-electron chi connectivity index (χ3n) is 2.43. The van der Waals surface area contributed by atoms with Gasteiger partial charge in [0.25, 0.3) is 0 Å². The highest BCUT2D eigenvalue weighted by Gasteiger charge is 2.11. The number of aromatic amines is 1. The van der Waals surface area contributed by atoms with Gasteiger partial charge in [-0.25, -0.2) is 14.9 Å². The van der Waals surface area contributed by atoms with Crippen LogP contribution in [0.1, 0.15) is 5.82 Å². The second-order valence-corrected chi connectivity index (χ2v) is 3.64. The largest absolute Gasteiger partial charge is 0.364 e. The number of rotatable bonds is 1. The van der Waals surface area contributed by atoms with Crippen molar-refractivity contribution in [3.8, 4) is 11.3 Å². The van der Waals surface area contributed by atoms with E-state index in [-0.39, 0.29) is 5.69 Å². The number of hydrogen-bond donors (Lipinski definition) is 1. The first-order valence-electron chi connectivity index (χ1n) is 5.13. The number of hydrogen-bond acceptors (Lipinski definition) is 4. The molecule has 0 amide bonds. The van der Waals surface area contributed by atoms with Crippen LogP contribution in [0.25, 0.3) is 16.9 Å². The van der Waals surface area contributed by atoms with Crippen LogP contribution in [0, 0.1) is 6.92 Å². The summed E-state index contributed by atoms with van der Waals surface area (Å²) in [6.07, 6.45) is 0. The molecule has 6 heteroatoms. The van der Waals surface area contributed by atoms with Gasteiger partial charge in [-0.1, -0.05) is 30.3 Å². The summed E-state index contributed by atoms with van der Waals surface area (Å²) >= 11 is 0. The van der Waals surface area contributed by atoms with Crippen molar-refractivity contribution in [1.29, 1.82) is 0 Å². The van der Waals surface area contributed by atoms with Gasteiger partial charge >= 0.3 is 5.69 Å². The van der Waals surface area contributed by atoms with E-state index in [1.54, 1.807) is 6.92 Å². The Kier molecular flexibility index (Phi) is 2.01. The van der Waals surface area contributed by atoms with E-state index in [4.69, 9.17) is 0 Å². The van der Waals surface area contributed by atoms with Crippen molar-refractivity contribution in [3.05, 3.63) is 46.6 Å². The number of fused-ring (bicyclic) bond motifs is 1. The van der Waals surface area contributed by atoms with E-state index in [1.165, 1.54) is 4.52 Å². The second-order valence-electron chi connectivity index (χ2n) is 3.64. The summed E-state index contributed by atoms with van der Waals surface area (Å²) in [5.74, 6) is 0.542. The summed E-state index contributed by atoms with van der Waals surface area (Å²) in [6, 6.07) is 9.54. The quantitative estimate of drug-likeness (QED) is 0.666. The van der Waals surface area contributed by atoms with Crippen LogP contribution in [0.2, 0.25) is 0 Å². The van der Waals surface area contributed by atoms with Crippen molar-refractivity contribution < 1.29 is 0 Å². The van der Waals surface area contributed by atoms with Crippen molar-refractivity contribution in [2.75, 3.05) is 0 Å². The molecule has 0 radical (unpaired) electrons. The van der Waals surface area contributed by atoms with Crippen LogP contribution in [-0.4, -0.2) is 24.8 Å². The summed E-state index contributed by atoms with van der Waals surface area (Å²) in [7, 11) is 0. The maximum Gasteiger partial charge on any atom is 0.364 e. The molecular formula is C11H9N5O. The zero-order valence-corrected chi connectivity index (χ0v) is 9.08. The van der Waals surface area contributed by atoms with Crippen LogP contribution in [-0.2, 0) is 0 Å². The van der Waals surface area contributed by atoms with Crippen molar-refractivity contribution in [1.82, 2.24) is 24.8 Å². The summed E-state index contributed by atoms with van der Waals surface area (Å²) in [6.45, 7) is 1.74. The average molecular weight is 227 g/mol. The van der Waals surface area contributed by atoms with Gasteiger partial charge in [0, 0.05) is 5.56 Å². The lowest BCUT2D eigenvalue weighted by atomic mass is 10.2. The third-order valence-corrected chi connectivity index (χ3v) is 2.43. The molecule has 84 valence electrons. The Bertz CT molecular complexity index is 728. The molecule has 0 saturated heterocycles. The fourth-order valence-electron chi connectivity index (χ4n) is 1.70. The van der Waals surface area contributed by atoms with Crippen LogP contribution < -0.4 is 5.69 Å². The van der Waals surface area contributed by atoms with E-state index >= 15 is 0 Å². The van der Waals surface area contributed by atoms with E-state index in [1.807, 2.05) is 30.3 Å². The van der Waals surface area contributed by atoms with Crippen molar-refractivity contribution in [2.45, 2.75) is 6.92 Å². The molecule has 0 saturated carbocycles. The topological polar surface area (TPSA) is 75.9 Å². The molecule has 0 aliphatic heterocycles.